The first-order valence-corrected chi connectivity index (χ1v) is 10.5. The standard InChI is InChI=1S/C22H25F3N4O4/c1-21(2,3)16-7-8-26-19(29-16)28-14-10-31-18-15(11-32-17(14)18)33-20(30)27-13-6-4-5-12(9-13)22(23,24)25/h4-9,14-15,17-18H,10-11H2,1-3H3,(H,27,30)(H,26,28,29). The van der Waals surface area contributed by atoms with Crippen molar-refractivity contribution in [1.82, 2.24) is 9.97 Å². The molecule has 0 bridgehead atoms. The van der Waals surface area contributed by atoms with Crippen molar-refractivity contribution in [1.29, 1.82) is 0 Å². The highest BCUT2D eigenvalue weighted by Gasteiger charge is 2.49. The van der Waals surface area contributed by atoms with Crippen LogP contribution in [0.5, 0.6) is 0 Å². The first-order valence-electron chi connectivity index (χ1n) is 10.5. The molecule has 2 aliphatic heterocycles. The van der Waals surface area contributed by atoms with E-state index in [0.717, 1.165) is 17.8 Å². The highest BCUT2D eigenvalue weighted by Crippen LogP contribution is 2.32. The number of rotatable bonds is 4. The first kappa shape index (κ1) is 23.2. The molecule has 4 atom stereocenters. The second-order valence-electron chi connectivity index (χ2n) is 9.01. The van der Waals surface area contributed by atoms with Gasteiger partial charge in [0.15, 0.2) is 6.10 Å². The molecule has 2 N–H and O–H groups in total. The molecule has 2 saturated heterocycles. The van der Waals surface area contributed by atoms with E-state index in [0.29, 0.717) is 12.6 Å². The summed E-state index contributed by atoms with van der Waals surface area (Å²) in [6.07, 6.45) is -5.31. The van der Waals surface area contributed by atoms with Crippen molar-refractivity contribution in [3.63, 3.8) is 0 Å². The number of carbonyl (C=O) groups excluding carboxylic acids is 1. The lowest BCUT2D eigenvalue weighted by molar-refractivity contribution is -0.137. The highest BCUT2D eigenvalue weighted by molar-refractivity contribution is 5.84. The van der Waals surface area contributed by atoms with Crippen molar-refractivity contribution in [2.24, 2.45) is 0 Å². The third-order valence-electron chi connectivity index (χ3n) is 5.44. The molecule has 11 heteroatoms. The number of amides is 1. The van der Waals surface area contributed by atoms with Crippen molar-refractivity contribution in [3.8, 4) is 0 Å². The van der Waals surface area contributed by atoms with Crippen LogP contribution < -0.4 is 10.6 Å². The Morgan fingerprint density at radius 3 is 2.61 bits per heavy atom. The van der Waals surface area contributed by atoms with Gasteiger partial charge in [0, 0.05) is 17.3 Å². The van der Waals surface area contributed by atoms with Crippen LogP contribution in [-0.2, 0) is 25.8 Å². The second-order valence-corrected chi connectivity index (χ2v) is 9.01. The summed E-state index contributed by atoms with van der Waals surface area (Å²) in [7, 11) is 0. The molecule has 1 amide bonds. The molecule has 3 heterocycles. The minimum Gasteiger partial charge on any atom is -0.441 e. The fourth-order valence-corrected chi connectivity index (χ4v) is 3.76. The van der Waals surface area contributed by atoms with Crippen LogP contribution in [0, 0.1) is 0 Å². The van der Waals surface area contributed by atoms with Gasteiger partial charge in [-0.15, -0.1) is 0 Å². The molecule has 4 unspecified atom stereocenters. The summed E-state index contributed by atoms with van der Waals surface area (Å²) in [5.41, 5.74) is -0.136. The summed E-state index contributed by atoms with van der Waals surface area (Å²) in [5.74, 6) is 0.451. The van der Waals surface area contributed by atoms with E-state index in [9.17, 15) is 18.0 Å². The van der Waals surface area contributed by atoms with Gasteiger partial charge in [-0.3, -0.25) is 5.32 Å². The number of alkyl halides is 3. The smallest absolute Gasteiger partial charge is 0.416 e. The minimum atomic E-state index is -4.51. The van der Waals surface area contributed by atoms with Gasteiger partial charge in [-0.25, -0.2) is 14.8 Å². The Balaban J connectivity index is 1.35. The monoisotopic (exact) mass is 466 g/mol. The van der Waals surface area contributed by atoms with Gasteiger partial charge in [0.2, 0.25) is 5.95 Å². The third-order valence-corrected chi connectivity index (χ3v) is 5.44. The normalized spacial score (nSPS) is 24.9. The van der Waals surface area contributed by atoms with Gasteiger partial charge in [0.05, 0.1) is 30.5 Å². The number of fused-ring (bicyclic) bond motifs is 1. The number of carbonyl (C=O) groups is 1. The Labute approximate surface area is 188 Å². The maximum Gasteiger partial charge on any atom is 0.416 e. The molecule has 0 spiro atoms. The number of hydrogen-bond donors (Lipinski definition) is 2. The average molecular weight is 466 g/mol. The van der Waals surface area contributed by atoms with Gasteiger partial charge in [0.25, 0.3) is 0 Å². The molecule has 178 valence electrons. The Kier molecular flexibility index (Phi) is 6.19. The van der Waals surface area contributed by atoms with Crippen LogP contribution in [-0.4, -0.2) is 53.6 Å². The number of aromatic nitrogens is 2. The lowest BCUT2D eigenvalue weighted by Crippen LogP contribution is -2.38. The molecule has 8 nitrogen and oxygen atoms in total. The predicted octanol–water partition coefficient (Wildman–Crippen LogP) is 3.99. The zero-order valence-electron chi connectivity index (χ0n) is 18.3. The van der Waals surface area contributed by atoms with Crippen molar-refractivity contribution in [3.05, 3.63) is 47.8 Å². The molecule has 2 fully saturated rings. The average Bonchev–Trinajstić information content (AvgIpc) is 3.31. The van der Waals surface area contributed by atoms with E-state index in [1.54, 1.807) is 6.20 Å². The molecule has 0 radical (unpaired) electrons. The van der Waals surface area contributed by atoms with Gasteiger partial charge >= 0.3 is 12.3 Å². The van der Waals surface area contributed by atoms with Crippen LogP contribution in [0.15, 0.2) is 36.5 Å². The zero-order valence-corrected chi connectivity index (χ0v) is 18.3. The second kappa shape index (κ2) is 8.79. The summed E-state index contributed by atoms with van der Waals surface area (Å²) in [6.45, 7) is 6.57. The molecular weight excluding hydrogens is 441 g/mol. The topological polar surface area (TPSA) is 94.6 Å². The molecular formula is C22H25F3N4O4. The van der Waals surface area contributed by atoms with Gasteiger partial charge in [-0.1, -0.05) is 26.8 Å². The zero-order chi connectivity index (χ0) is 23.8. The van der Waals surface area contributed by atoms with E-state index < -0.39 is 36.1 Å². The van der Waals surface area contributed by atoms with E-state index in [2.05, 4.69) is 41.4 Å². The number of halogens is 3. The predicted molar refractivity (Wildman–Crippen MR) is 113 cm³/mol. The summed E-state index contributed by atoms with van der Waals surface area (Å²) in [5, 5.41) is 5.55. The maximum absolute atomic E-state index is 12.9. The first-order chi connectivity index (χ1) is 15.5. The van der Waals surface area contributed by atoms with Crippen molar-refractivity contribution in [2.75, 3.05) is 23.8 Å². The largest absolute Gasteiger partial charge is 0.441 e. The lowest BCUT2D eigenvalue weighted by Gasteiger charge is -2.20. The van der Waals surface area contributed by atoms with Crippen LogP contribution >= 0.6 is 0 Å². The molecule has 0 aliphatic carbocycles. The summed E-state index contributed by atoms with van der Waals surface area (Å²) < 4.78 is 55.5. The van der Waals surface area contributed by atoms with Crippen molar-refractivity contribution < 1.29 is 32.2 Å². The molecule has 2 aliphatic rings. The van der Waals surface area contributed by atoms with Crippen LogP contribution in [0.4, 0.5) is 29.6 Å². The van der Waals surface area contributed by atoms with E-state index in [1.165, 1.54) is 12.1 Å². The van der Waals surface area contributed by atoms with Crippen molar-refractivity contribution >= 4 is 17.7 Å². The van der Waals surface area contributed by atoms with E-state index >= 15 is 0 Å². The van der Waals surface area contributed by atoms with Gasteiger partial charge in [-0.05, 0) is 24.3 Å². The van der Waals surface area contributed by atoms with Crippen LogP contribution in [0.2, 0.25) is 0 Å². The maximum atomic E-state index is 12.9. The van der Waals surface area contributed by atoms with Gasteiger partial charge in [-0.2, -0.15) is 13.2 Å². The Hall–Kier alpha value is -2.92. The van der Waals surface area contributed by atoms with E-state index in [1.807, 2.05) is 6.07 Å². The number of ether oxygens (including phenoxy) is 3. The summed E-state index contributed by atoms with van der Waals surface area (Å²) >= 11 is 0. The Morgan fingerprint density at radius 2 is 1.88 bits per heavy atom. The number of benzene rings is 1. The molecule has 33 heavy (non-hydrogen) atoms. The highest BCUT2D eigenvalue weighted by atomic mass is 19.4. The molecule has 1 aromatic heterocycles. The van der Waals surface area contributed by atoms with E-state index in [4.69, 9.17) is 14.2 Å². The SMILES string of the molecule is CC(C)(C)c1ccnc(NC2COC3C(OC(=O)Nc4cccc(C(F)(F)F)c4)COC23)n1. The Morgan fingerprint density at radius 1 is 1.12 bits per heavy atom. The lowest BCUT2D eigenvalue weighted by atomic mass is 9.92. The van der Waals surface area contributed by atoms with Crippen LogP contribution in [0.25, 0.3) is 0 Å². The summed E-state index contributed by atoms with van der Waals surface area (Å²) in [6, 6.07) is 5.94. The van der Waals surface area contributed by atoms with Crippen LogP contribution in [0.1, 0.15) is 32.0 Å². The molecule has 1 aromatic carbocycles. The van der Waals surface area contributed by atoms with Gasteiger partial charge < -0.3 is 19.5 Å². The van der Waals surface area contributed by atoms with Crippen LogP contribution in [0.3, 0.4) is 0 Å². The number of hydrogen-bond acceptors (Lipinski definition) is 7. The van der Waals surface area contributed by atoms with Crippen molar-refractivity contribution in [2.45, 2.75) is 56.7 Å². The van der Waals surface area contributed by atoms with E-state index in [-0.39, 0.29) is 23.8 Å². The number of nitrogens with zero attached hydrogens (tertiary/aromatic N) is 2. The molecule has 2 aromatic rings. The number of anilines is 2. The summed E-state index contributed by atoms with van der Waals surface area (Å²) in [4.78, 5) is 21.1. The Bertz CT molecular complexity index is 1010. The minimum absolute atomic E-state index is 0.0203. The quantitative estimate of drug-likeness (QED) is 0.704. The molecule has 4 rings (SSSR count). The molecule has 0 saturated carbocycles. The van der Waals surface area contributed by atoms with Gasteiger partial charge in [0.1, 0.15) is 12.2 Å². The fourth-order valence-electron chi connectivity index (χ4n) is 3.76. The number of nitrogens with one attached hydrogen (secondary N) is 2. The fraction of sp³-hybridized carbons (Fsp3) is 0.500. The third kappa shape index (κ3) is 5.36.